The number of nitrogens with zero attached hydrogens (tertiary/aromatic N) is 2. The number of carbonyl (C=O) groups is 1. The van der Waals surface area contributed by atoms with Crippen LogP contribution in [0.3, 0.4) is 0 Å². The van der Waals surface area contributed by atoms with E-state index in [1.165, 1.54) is 0 Å². The van der Waals surface area contributed by atoms with Crippen LogP contribution >= 0.6 is 0 Å². The van der Waals surface area contributed by atoms with Gasteiger partial charge < -0.3 is 4.90 Å². The predicted molar refractivity (Wildman–Crippen MR) is 88.8 cm³/mol. The van der Waals surface area contributed by atoms with Crippen LogP contribution in [-0.4, -0.2) is 56.9 Å². The normalized spacial score (nSPS) is 20.2. The van der Waals surface area contributed by atoms with E-state index in [1.807, 2.05) is 37.3 Å². The number of hydrogen-bond donors (Lipinski definition) is 0. The lowest BCUT2D eigenvalue weighted by Crippen LogP contribution is -2.39. The number of sulfone groups is 1. The van der Waals surface area contributed by atoms with E-state index in [1.54, 1.807) is 11.9 Å². The molecule has 122 valence electrons. The highest BCUT2D eigenvalue weighted by molar-refractivity contribution is 7.91. The Hall–Kier alpha value is -1.40. The van der Waals surface area contributed by atoms with Crippen molar-refractivity contribution in [1.29, 1.82) is 0 Å². The van der Waals surface area contributed by atoms with E-state index in [4.69, 9.17) is 0 Å². The molecule has 0 spiro atoms. The van der Waals surface area contributed by atoms with E-state index in [2.05, 4.69) is 4.90 Å². The first-order valence-electron chi connectivity index (χ1n) is 7.69. The monoisotopic (exact) mass is 324 g/mol. The van der Waals surface area contributed by atoms with Crippen molar-refractivity contribution in [3.05, 3.63) is 30.3 Å². The maximum atomic E-state index is 12.3. The van der Waals surface area contributed by atoms with Gasteiger partial charge in [-0.1, -0.05) is 25.1 Å². The molecule has 1 atom stereocenters. The van der Waals surface area contributed by atoms with Crippen LogP contribution in [0.4, 0.5) is 5.69 Å². The number of hydrogen-bond acceptors (Lipinski definition) is 4. The van der Waals surface area contributed by atoms with E-state index in [0.717, 1.165) is 12.2 Å². The topological polar surface area (TPSA) is 57.7 Å². The maximum absolute atomic E-state index is 12.3. The molecule has 1 unspecified atom stereocenters. The quantitative estimate of drug-likeness (QED) is 0.797. The summed E-state index contributed by atoms with van der Waals surface area (Å²) >= 11 is 0. The van der Waals surface area contributed by atoms with Crippen LogP contribution < -0.4 is 4.90 Å². The molecule has 1 aromatic rings. The Bertz CT molecular complexity index is 601. The SMILES string of the molecule is CCN(CCC(=O)N(C)c1ccccc1)C1CCS(=O)(=O)C1. The molecule has 1 heterocycles. The predicted octanol–water partition coefficient (Wildman–Crippen LogP) is 1.55. The van der Waals surface area contributed by atoms with Crippen molar-refractivity contribution < 1.29 is 13.2 Å². The van der Waals surface area contributed by atoms with Crippen molar-refractivity contribution >= 4 is 21.4 Å². The molecule has 0 aromatic heterocycles. The number of carbonyl (C=O) groups excluding carboxylic acids is 1. The number of anilines is 1. The Balaban J connectivity index is 1.89. The molecular weight excluding hydrogens is 300 g/mol. The van der Waals surface area contributed by atoms with Gasteiger partial charge in [-0.15, -0.1) is 0 Å². The summed E-state index contributed by atoms with van der Waals surface area (Å²) in [6, 6.07) is 9.59. The van der Waals surface area contributed by atoms with Gasteiger partial charge in [0.25, 0.3) is 0 Å². The summed E-state index contributed by atoms with van der Waals surface area (Å²) in [7, 11) is -1.11. The lowest BCUT2D eigenvalue weighted by atomic mass is 10.2. The van der Waals surface area contributed by atoms with Crippen LogP contribution in [0.1, 0.15) is 19.8 Å². The molecule has 1 fully saturated rings. The fourth-order valence-corrected chi connectivity index (χ4v) is 4.63. The van der Waals surface area contributed by atoms with Crippen LogP contribution in [-0.2, 0) is 14.6 Å². The number of benzene rings is 1. The van der Waals surface area contributed by atoms with E-state index >= 15 is 0 Å². The summed E-state index contributed by atoms with van der Waals surface area (Å²) in [4.78, 5) is 16.1. The highest BCUT2D eigenvalue weighted by atomic mass is 32.2. The molecule has 1 aliphatic heterocycles. The van der Waals surface area contributed by atoms with Gasteiger partial charge in [0.05, 0.1) is 11.5 Å². The molecule has 0 bridgehead atoms. The lowest BCUT2D eigenvalue weighted by molar-refractivity contribution is -0.118. The van der Waals surface area contributed by atoms with Gasteiger partial charge in [-0.25, -0.2) is 8.42 Å². The molecule has 5 nitrogen and oxygen atoms in total. The van der Waals surface area contributed by atoms with Crippen molar-refractivity contribution in [3.8, 4) is 0 Å². The fraction of sp³-hybridized carbons (Fsp3) is 0.562. The van der Waals surface area contributed by atoms with Crippen LogP contribution in [0.2, 0.25) is 0 Å². The summed E-state index contributed by atoms with van der Waals surface area (Å²) in [6.07, 6.45) is 1.08. The molecule has 1 amide bonds. The Morgan fingerprint density at radius 1 is 1.27 bits per heavy atom. The van der Waals surface area contributed by atoms with Crippen molar-refractivity contribution in [2.45, 2.75) is 25.8 Å². The van der Waals surface area contributed by atoms with Crippen LogP contribution in [0, 0.1) is 0 Å². The molecular formula is C16H24N2O3S. The van der Waals surface area contributed by atoms with Crippen LogP contribution in [0.15, 0.2) is 30.3 Å². The standard InChI is InChI=1S/C16H24N2O3S/c1-3-18(15-10-12-22(20,21)13-15)11-9-16(19)17(2)14-7-5-4-6-8-14/h4-8,15H,3,9-13H2,1-2H3. The van der Waals surface area contributed by atoms with Crippen LogP contribution in [0.5, 0.6) is 0 Å². The van der Waals surface area contributed by atoms with E-state index < -0.39 is 9.84 Å². The molecule has 22 heavy (non-hydrogen) atoms. The van der Waals surface area contributed by atoms with E-state index in [9.17, 15) is 13.2 Å². The molecule has 1 saturated heterocycles. The summed E-state index contributed by atoms with van der Waals surface area (Å²) in [5, 5.41) is 0. The molecule has 0 aliphatic carbocycles. The van der Waals surface area contributed by atoms with Crippen molar-refractivity contribution in [3.63, 3.8) is 0 Å². The highest BCUT2D eigenvalue weighted by Crippen LogP contribution is 2.18. The minimum absolute atomic E-state index is 0.0468. The Morgan fingerprint density at radius 3 is 2.50 bits per heavy atom. The third-order valence-corrected chi connectivity index (χ3v) is 6.01. The van der Waals surface area contributed by atoms with Gasteiger partial charge in [0, 0.05) is 31.7 Å². The maximum Gasteiger partial charge on any atom is 0.228 e. The fourth-order valence-electron chi connectivity index (χ4n) is 2.86. The zero-order valence-electron chi connectivity index (χ0n) is 13.2. The van der Waals surface area contributed by atoms with Crippen LogP contribution in [0.25, 0.3) is 0 Å². The first kappa shape index (κ1) is 17.0. The van der Waals surface area contributed by atoms with Gasteiger partial charge >= 0.3 is 0 Å². The lowest BCUT2D eigenvalue weighted by Gasteiger charge is -2.27. The van der Waals surface area contributed by atoms with Gasteiger partial charge in [-0.05, 0) is 25.1 Å². The van der Waals surface area contributed by atoms with Gasteiger partial charge in [0.15, 0.2) is 9.84 Å². The summed E-state index contributed by atoms with van der Waals surface area (Å²) < 4.78 is 23.2. The van der Waals surface area contributed by atoms with E-state index in [0.29, 0.717) is 19.4 Å². The minimum Gasteiger partial charge on any atom is -0.315 e. The second-order valence-electron chi connectivity index (χ2n) is 5.72. The summed E-state index contributed by atoms with van der Waals surface area (Å²) in [5.41, 5.74) is 0.874. The van der Waals surface area contributed by atoms with Gasteiger partial charge in [0.2, 0.25) is 5.91 Å². The van der Waals surface area contributed by atoms with Gasteiger partial charge in [-0.2, -0.15) is 0 Å². The smallest absolute Gasteiger partial charge is 0.228 e. The zero-order chi connectivity index (χ0) is 16.2. The first-order chi connectivity index (χ1) is 10.4. The molecule has 1 aromatic carbocycles. The van der Waals surface area contributed by atoms with Gasteiger partial charge in [-0.3, -0.25) is 9.69 Å². The summed E-state index contributed by atoms with van der Waals surface area (Å²) in [5.74, 6) is 0.542. The van der Waals surface area contributed by atoms with Crippen molar-refractivity contribution in [2.24, 2.45) is 0 Å². The Labute approximate surface area is 132 Å². The average molecular weight is 324 g/mol. The Kier molecular flexibility index (Phi) is 5.58. The molecule has 0 N–H and O–H groups in total. The van der Waals surface area contributed by atoms with Crippen molar-refractivity contribution in [1.82, 2.24) is 4.90 Å². The first-order valence-corrected chi connectivity index (χ1v) is 9.51. The summed E-state index contributed by atoms with van der Waals surface area (Å²) in [6.45, 7) is 3.38. The number of para-hydroxylation sites is 1. The second-order valence-corrected chi connectivity index (χ2v) is 7.95. The number of rotatable bonds is 6. The Morgan fingerprint density at radius 2 is 1.95 bits per heavy atom. The minimum atomic E-state index is -2.89. The number of amides is 1. The zero-order valence-corrected chi connectivity index (χ0v) is 14.1. The van der Waals surface area contributed by atoms with Crippen molar-refractivity contribution in [2.75, 3.05) is 36.5 Å². The molecule has 2 rings (SSSR count). The third kappa shape index (κ3) is 4.30. The third-order valence-electron chi connectivity index (χ3n) is 4.26. The molecule has 6 heteroatoms. The highest BCUT2D eigenvalue weighted by Gasteiger charge is 2.31. The average Bonchev–Trinajstić information content (AvgIpc) is 2.88. The largest absolute Gasteiger partial charge is 0.315 e. The molecule has 0 radical (unpaired) electrons. The van der Waals surface area contributed by atoms with E-state index in [-0.39, 0.29) is 23.5 Å². The molecule has 1 aliphatic rings. The molecule has 0 saturated carbocycles. The second kappa shape index (κ2) is 7.24. The van der Waals surface area contributed by atoms with Gasteiger partial charge in [0.1, 0.15) is 0 Å².